The maximum absolute atomic E-state index is 12.0. The van der Waals surface area contributed by atoms with Crippen molar-refractivity contribution in [2.45, 2.75) is 4.90 Å². The minimum Gasteiger partial charge on any atom is -0.484 e. The number of sulfonamides is 1. The minimum absolute atomic E-state index is 0.127. The molecule has 128 valence electrons. The second kappa shape index (κ2) is 7.95. The molecule has 0 saturated carbocycles. The van der Waals surface area contributed by atoms with Crippen molar-refractivity contribution in [2.24, 2.45) is 0 Å². The molecular formula is C16H17IN2O4S. The van der Waals surface area contributed by atoms with Gasteiger partial charge in [0.1, 0.15) is 5.75 Å². The molecule has 2 rings (SSSR count). The van der Waals surface area contributed by atoms with Crippen LogP contribution in [0.25, 0.3) is 0 Å². The zero-order valence-electron chi connectivity index (χ0n) is 13.2. The SMILES string of the molecule is CN(C)S(=O)(=O)c1ccc(NC(=O)COc2ccc(I)cc2)cc1. The van der Waals surface area contributed by atoms with Gasteiger partial charge in [0.25, 0.3) is 5.91 Å². The Kier molecular flexibility index (Phi) is 6.19. The number of hydrogen-bond acceptors (Lipinski definition) is 4. The molecule has 0 aliphatic heterocycles. The van der Waals surface area contributed by atoms with Gasteiger partial charge in [0, 0.05) is 23.4 Å². The fourth-order valence-electron chi connectivity index (χ4n) is 1.80. The maximum Gasteiger partial charge on any atom is 0.262 e. The highest BCUT2D eigenvalue weighted by Crippen LogP contribution is 2.17. The lowest BCUT2D eigenvalue weighted by Crippen LogP contribution is -2.22. The highest BCUT2D eigenvalue weighted by Gasteiger charge is 2.16. The highest BCUT2D eigenvalue weighted by atomic mass is 127. The van der Waals surface area contributed by atoms with E-state index in [-0.39, 0.29) is 17.4 Å². The standard InChI is InChI=1S/C16H17IN2O4S/c1-19(2)24(21,22)15-9-5-13(6-10-15)18-16(20)11-23-14-7-3-12(17)4-8-14/h3-10H,11H2,1-2H3,(H,18,20). The normalized spacial score (nSPS) is 11.3. The van der Waals surface area contributed by atoms with Crippen LogP contribution in [0, 0.1) is 3.57 Å². The number of ether oxygens (including phenoxy) is 1. The lowest BCUT2D eigenvalue weighted by molar-refractivity contribution is -0.118. The van der Waals surface area contributed by atoms with E-state index in [0.717, 1.165) is 7.88 Å². The summed E-state index contributed by atoms with van der Waals surface area (Å²) < 4.78 is 31.5. The van der Waals surface area contributed by atoms with E-state index in [1.165, 1.54) is 26.2 Å². The van der Waals surface area contributed by atoms with Crippen LogP contribution in [0.5, 0.6) is 5.75 Å². The third kappa shape index (κ3) is 4.92. The van der Waals surface area contributed by atoms with Gasteiger partial charge in [0.15, 0.2) is 6.61 Å². The molecule has 2 aromatic rings. The number of nitrogens with zero attached hydrogens (tertiary/aromatic N) is 1. The van der Waals surface area contributed by atoms with Crippen LogP contribution in [-0.2, 0) is 14.8 Å². The Balaban J connectivity index is 1.93. The highest BCUT2D eigenvalue weighted by molar-refractivity contribution is 14.1. The molecule has 0 aliphatic carbocycles. The van der Waals surface area contributed by atoms with Gasteiger partial charge in [-0.25, -0.2) is 12.7 Å². The largest absolute Gasteiger partial charge is 0.484 e. The Morgan fingerprint density at radius 2 is 1.67 bits per heavy atom. The maximum atomic E-state index is 12.0. The third-order valence-electron chi connectivity index (χ3n) is 3.10. The van der Waals surface area contributed by atoms with Crippen molar-refractivity contribution in [3.8, 4) is 5.75 Å². The molecule has 0 aliphatic rings. The molecule has 1 amide bonds. The van der Waals surface area contributed by atoms with Crippen LogP contribution in [0.15, 0.2) is 53.4 Å². The molecule has 1 N–H and O–H groups in total. The molecule has 0 spiro atoms. The summed E-state index contributed by atoms with van der Waals surface area (Å²) in [6, 6.07) is 13.3. The van der Waals surface area contributed by atoms with Gasteiger partial charge in [-0.3, -0.25) is 4.79 Å². The lowest BCUT2D eigenvalue weighted by atomic mass is 10.3. The Morgan fingerprint density at radius 3 is 2.21 bits per heavy atom. The zero-order valence-corrected chi connectivity index (χ0v) is 16.2. The lowest BCUT2D eigenvalue weighted by Gasteiger charge is -2.12. The first kappa shape index (κ1) is 18.7. The summed E-state index contributed by atoms with van der Waals surface area (Å²) in [7, 11) is -0.546. The molecule has 0 atom stereocenters. The first-order valence-electron chi connectivity index (χ1n) is 7.00. The van der Waals surface area contributed by atoms with Crippen LogP contribution in [0.4, 0.5) is 5.69 Å². The Bertz CT molecular complexity index is 803. The fraction of sp³-hybridized carbons (Fsp3) is 0.188. The van der Waals surface area contributed by atoms with Gasteiger partial charge < -0.3 is 10.1 Å². The average Bonchev–Trinajstić information content (AvgIpc) is 2.54. The van der Waals surface area contributed by atoms with E-state index in [1.807, 2.05) is 12.1 Å². The summed E-state index contributed by atoms with van der Waals surface area (Å²) in [6.45, 7) is -0.127. The van der Waals surface area contributed by atoms with Crippen LogP contribution in [0.3, 0.4) is 0 Å². The monoisotopic (exact) mass is 460 g/mol. The van der Waals surface area contributed by atoms with E-state index in [9.17, 15) is 13.2 Å². The second-order valence-corrected chi connectivity index (χ2v) is 8.50. The number of nitrogens with one attached hydrogen (secondary N) is 1. The molecule has 0 radical (unpaired) electrons. The predicted molar refractivity (Wildman–Crippen MR) is 101 cm³/mol. The van der Waals surface area contributed by atoms with Crippen molar-refractivity contribution in [1.29, 1.82) is 0 Å². The molecule has 2 aromatic carbocycles. The van der Waals surface area contributed by atoms with Crippen molar-refractivity contribution in [2.75, 3.05) is 26.0 Å². The minimum atomic E-state index is -3.48. The van der Waals surface area contributed by atoms with E-state index < -0.39 is 10.0 Å². The first-order chi connectivity index (χ1) is 11.3. The van der Waals surface area contributed by atoms with E-state index in [2.05, 4.69) is 27.9 Å². The molecule has 0 aromatic heterocycles. The molecule has 6 nitrogen and oxygen atoms in total. The Labute approximate surface area is 155 Å². The van der Waals surface area contributed by atoms with Crippen molar-refractivity contribution >= 4 is 44.2 Å². The van der Waals surface area contributed by atoms with Gasteiger partial charge in [-0.2, -0.15) is 0 Å². The molecule has 0 unspecified atom stereocenters. The van der Waals surface area contributed by atoms with Crippen LogP contribution in [0.1, 0.15) is 0 Å². The molecular weight excluding hydrogens is 443 g/mol. The molecule has 0 saturated heterocycles. The summed E-state index contributed by atoms with van der Waals surface area (Å²) in [6.07, 6.45) is 0. The smallest absolute Gasteiger partial charge is 0.262 e. The van der Waals surface area contributed by atoms with Gasteiger partial charge in [0.05, 0.1) is 4.90 Å². The van der Waals surface area contributed by atoms with Crippen molar-refractivity contribution in [3.63, 3.8) is 0 Å². The number of hydrogen-bond donors (Lipinski definition) is 1. The number of amides is 1. The van der Waals surface area contributed by atoms with Crippen molar-refractivity contribution < 1.29 is 17.9 Å². The average molecular weight is 460 g/mol. The molecule has 0 fully saturated rings. The molecule has 0 bridgehead atoms. The predicted octanol–water partition coefficient (Wildman–Crippen LogP) is 2.56. The van der Waals surface area contributed by atoms with Gasteiger partial charge >= 0.3 is 0 Å². The number of halogens is 1. The van der Waals surface area contributed by atoms with E-state index in [4.69, 9.17) is 4.74 Å². The number of rotatable bonds is 6. The number of carbonyl (C=O) groups is 1. The van der Waals surface area contributed by atoms with E-state index in [1.54, 1.807) is 24.3 Å². The summed E-state index contributed by atoms with van der Waals surface area (Å²) in [5.74, 6) is 0.287. The first-order valence-corrected chi connectivity index (χ1v) is 9.52. The van der Waals surface area contributed by atoms with Crippen molar-refractivity contribution in [1.82, 2.24) is 4.31 Å². The van der Waals surface area contributed by atoms with Gasteiger partial charge in [-0.1, -0.05) is 0 Å². The zero-order chi connectivity index (χ0) is 17.7. The van der Waals surface area contributed by atoms with Crippen molar-refractivity contribution in [3.05, 3.63) is 52.1 Å². The second-order valence-electron chi connectivity index (χ2n) is 5.10. The van der Waals surface area contributed by atoms with Crippen LogP contribution in [0.2, 0.25) is 0 Å². The molecule has 8 heteroatoms. The summed E-state index contributed by atoms with van der Waals surface area (Å²) >= 11 is 2.18. The summed E-state index contributed by atoms with van der Waals surface area (Å²) in [5.41, 5.74) is 0.504. The third-order valence-corrected chi connectivity index (χ3v) is 5.65. The van der Waals surface area contributed by atoms with Gasteiger partial charge in [-0.15, -0.1) is 0 Å². The van der Waals surface area contributed by atoms with Gasteiger partial charge in [0.2, 0.25) is 10.0 Å². The van der Waals surface area contributed by atoms with Crippen LogP contribution >= 0.6 is 22.6 Å². The number of anilines is 1. The number of carbonyl (C=O) groups excluding carboxylic acids is 1. The quantitative estimate of drug-likeness (QED) is 0.673. The van der Waals surface area contributed by atoms with E-state index in [0.29, 0.717) is 11.4 Å². The Morgan fingerprint density at radius 1 is 1.08 bits per heavy atom. The fourth-order valence-corrected chi connectivity index (χ4v) is 3.06. The number of benzene rings is 2. The summed E-state index contributed by atoms with van der Waals surface area (Å²) in [5, 5.41) is 2.66. The summed E-state index contributed by atoms with van der Waals surface area (Å²) in [4.78, 5) is 12.0. The molecule has 0 heterocycles. The van der Waals surface area contributed by atoms with E-state index >= 15 is 0 Å². The van der Waals surface area contributed by atoms with Crippen LogP contribution in [-0.4, -0.2) is 39.3 Å². The Hall–Kier alpha value is -1.65. The topological polar surface area (TPSA) is 75.7 Å². The molecule has 24 heavy (non-hydrogen) atoms. The van der Waals surface area contributed by atoms with Gasteiger partial charge in [-0.05, 0) is 71.1 Å². The van der Waals surface area contributed by atoms with Crippen LogP contribution < -0.4 is 10.1 Å².